The lowest BCUT2D eigenvalue weighted by molar-refractivity contribution is -0.127. The van der Waals surface area contributed by atoms with Crippen molar-refractivity contribution in [2.75, 3.05) is 38.7 Å². The first-order valence-corrected chi connectivity index (χ1v) is 10.3. The zero-order chi connectivity index (χ0) is 22.3. The van der Waals surface area contributed by atoms with Crippen LogP contribution in [0.25, 0.3) is 0 Å². The number of nitrogens with two attached hydrogens (primary N) is 1. The van der Waals surface area contributed by atoms with E-state index < -0.39 is 11.8 Å². The van der Waals surface area contributed by atoms with Crippen molar-refractivity contribution in [3.8, 4) is 0 Å². The van der Waals surface area contributed by atoms with Crippen molar-refractivity contribution in [3.63, 3.8) is 0 Å². The molecular weight excluding hydrogens is 386 g/mol. The van der Waals surface area contributed by atoms with E-state index in [0.29, 0.717) is 56.3 Å². The molecular formula is C21H33N5O4. The zero-order valence-corrected chi connectivity index (χ0v) is 18.3. The van der Waals surface area contributed by atoms with Gasteiger partial charge in [-0.2, -0.15) is 0 Å². The highest BCUT2D eigenvalue weighted by Crippen LogP contribution is 2.27. The van der Waals surface area contributed by atoms with E-state index in [1.165, 1.54) is 4.90 Å². The molecule has 9 nitrogen and oxygen atoms in total. The summed E-state index contributed by atoms with van der Waals surface area (Å²) in [6, 6.07) is 0. The Morgan fingerprint density at radius 3 is 2.70 bits per heavy atom. The monoisotopic (exact) mass is 419 g/mol. The van der Waals surface area contributed by atoms with E-state index in [1.807, 2.05) is 20.8 Å². The predicted molar refractivity (Wildman–Crippen MR) is 113 cm³/mol. The van der Waals surface area contributed by atoms with Gasteiger partial charge in [0.1, 0.15) is 11.6 Å². The number of ether oxygens (including phenoxy) is 1. The van der Waals surface area contributed by atoms with Crippen LogP contribution in [-0.2, 0) is 19.7 Å². The molecule has 0 spiro atoms. The SMILES string of the molecule is COCCCNc1nc(C(C)(C)C)ncc1C(=O)CC1CC(C(N)=O)CN(C=O)C1. The van der Waals surface area contributed by atoms with Crippen molar-refractivity contribution >= 4 is 23.9 Å². The molecule has 1 aromatic rings. The molecule has 166 valence electrons. The van der Waals surface area contributed by atoms with Crippen LogP contribution < -0.4 is 11.1 Å². The third-order valence-corrected chi connectivity index (χ3v) is 5.17. The quantitative estimate of drug-likeness (QED) is 0.333. The number of rotatable bonds is 10. The predicted octanol–water partition coefficient (Wildman–Crippen LogP) is 1.38. The van der Waals surface area contributed by atoms with Crippen molar-refractivity contribution in [1.29, 1.82) is 0 Å². The highest BCUT2D eigenvalue weighted by Gasteiger charge is 2.32. The number of piperidine rings is 1. The summed E-state index contributed by atoms with van der Waals surface area (Å²) in [5.74, 6) is 0.00549. The van der Waals surface area contributed by atoms with Gasteiger partial charge in [-0.05, 0) is 18.8 Å². The lowest BCUT2D eigenvalue weighted by atomic mass is 9.85. The number of ketones is 1. The van der Waals surface area contributed by atoms with Gasteiger partial charge < -0.3 is 20.7 Å². The number of nitrogens with zero attached hydrogens (tertiary/aromatic N) is 3. The van der Waals surface area contributed by atoms with Crippen molar-refractivity contribution in [1.82, 2.24) is 14.9 Å². The van der Waals surface area contributed by atoms with Gasteiger partial charge in [-0.25, -0.2) is 9.97 Å². The number of carbonyl (C=O) groups is 3. The summed E-state index contributed by atoms with van der Waals surface area (Å²) >= 11 is 0. The highest BCUT2D eigenvalue weighted by atomic mass is 16.5. The average Bonchev–Trinajstić information content (AvgIpc) is 2.70. The van der Waals surface area contributed by atoms with Crippen molar-refractivity contribution in [2.24, 2.45) is 17.6 Å². The number of hydrogen-bond donors (Lipinski definition) is 2. The molecule has 2 rings (SSSR count). The highest BCUT2D eigenvalue weighted by molar-refractivity contribution is 6.00. The maximum Gasteiger partial charge on any atom is 0.222 e. The molecule has 2 amide bonds. The van der Waals surface area contributed by atoms with Gasteiger partial charge in [0.05, 0.1) is 11.5 Å². The van der Waals surface area contributed by atoms with Crippen molar-refractivity contribution < 1.29 is 19.1 Å². The minimum atomic E-state index is -0.447. The molecule has 30 heavy (non-hydrogen) atoms. The number of anilines is 1. The van der Waals surface area contributed by atoms with Crippen molar-refractivity contribution in [2.45, 2.75) is 45.4 Å². The smallest absolute Gasteiger partial charge is 0.222 e. The van der Waals surface area contributed by atoms with E-state index in [0.717, 1.165) is 6.42 Å². The fourth-order valence-corrected chi connectivity index (χ4v) is 3.56. The van der Waals surface area contributed by atoms with Gasteiger partial charge in [0.2, 0.25) is 12.3 Å². The first-order valence-electron chi connectivity index (χ1n) is 10.3. The van der Waals surface area contributed by atoms with Gasteiger partial charge in [0.25, 0.3) is 0 Å². The number of carbonyl (C=O) groups excluding carboxylic acids is 3. The molecule has 1 aliphatic heterocycles. The van der Waals surface area contributed by atoms with E-state index in [1.54, 1.807) is 13.3 Å². The summed E-state index contributed by atoms with van der Waals surface area (Å²) in [6.45, 7) is 7.98. The number of amides is 2. The van der Waals surface area contributed by atoms with Crippen LogP contribution in [0.15, 0.2) is 6.20 Å². The molecule has 2 atom stereocenters. The van der Waals surface area contributed by atoms with Crippen LogP contribution in [0.5, 0.6) is 0 Å². The second-order valence-corrected chi connectivity index (χ2v) is 8.87. The first-order chi connectivity index (χ1) is 14.2. The van der Waals surface area contributed by atoms with Crippen LogP contribution in [0, 0.1) is 11.8 Å². The van der Waals surface area contributed by atoms with Gasteiger partial charge in [-0.3, -0.25) is 14.4 Å². The Bertz CT molecular complexity index is 762. The van der Waals surface area contributed by atoms with E-state index in [2.05, 4.69) is 15.3 Å². The lowest BCUT2D eigenvalue weighted by Gasteiger charge is -2.34. The summed E-state index contributed by atoms with van der Waals surface area (Å²) in [6.07, 6.45) is 3.73. The molecule has 0 aliphatic carbocycles. The average molecular weight is 420 g/mol. The number of likely N-dealkylation sites (tertiary alicyclic amines) is 1. The number of primary amides is 1. The summed E-state index contributed by atoms with van der Waals surface area (Å²) in [5, 5.41) is 3.23. The molecule has 0 radical (unpaired) electrons. The Labute approximate surface area is 177 Å². The molecule has 1 aromatic heterocycles. The number of nitrogens with one attached hydrogen (secondary N) is 1. The number of hydrogen-bond acceptors (Lipinski definition) is 7. The van der Waals surface area contributed by atoms with Crippen LogP contribution in [0.1, 0.15) is 56.2 Å². The molecule has 2 unspecified atom stereocenters. The maximum absolute atomic E-state index is 13.1. The number of methoxy groups -OCH3 is 1. The van der Waals surface area contributed by atoms with Crippen LogP contribution in [-0.4, -0.2) is 66.3 Å². The molecule has 0 saturated carbocycles. The Hall–Kier alpha value is -2.55. The molecule has 1 saturated heterocycles. The Balaban J connectivity index is 2.19. The van der Waals surface area contributed by atoms with E-state index in [9.17, 15) is 14.4 Å². The van der Waals surface area contributed by atoms with E-state index in [4.69, 9.17) is 10.5 Å². The normalized spacial score (nSPS) is 19.4. The summed E-state index contributed by atoms with van der Waals surface area (Å²) in [7, 11) is 1.64. The molecule has 0 aromatic carbocycles. The third kappa shape index (κ3) is 6.48. The van der Waals surface area contributed by atoms with E-state index in [-0.39, 0.29) is 23.5 Å². The van der Waals surface area contributed by atoms with Gasteiger partial charge >= 0.3 is 0 Å². The van der Waals surface area contributed by atoms with Gasteiger partial charge in [-0.1, -0.05) is 20.8 Å². The van der Waals surface area contributed by atoms with Crippen LogP contribution in [0.3, 0.4) is 0 Å². The van der Waals surface area contributed by atoms with Crippen LogP contribution in [0.2, 0.25) is 0 Å². The van der Waals surface area contributed by atoms with Gasteiger partial charge in [0, 0.05) is 51.4 Å². The standard InChI is InChI=1S/C21H33N5O4/c1-21(2,3)20-24-10-16(19(25-20)23-6-5-7-30-4)17(28)9-14-8-15(18(22)29)12-26(11-14)13-27/h10,13-15H,5-9,11-12H2,1-4H3,(H2,22,29)(H,23,24,25). The summed E-state index contributed by atoms with van der Waals surface area (Å²) in [5.41, 5.74) is 5.60. The molecule has 9 heteroatoms. The first kappa shape index (κ1) is 23.7. The summed E-state index contributed by atoms with van der Waals surface area (Å²) < 4.78 is 5.08. The fourth-order valence-electron chi connectivity index (χ4n) is 3.56. The second kappa shape index (κ2) is 10.5. The zero-order valence-electron chi connectivity index (χ0n) is 18.3. The molecule has 3 N–H and O–H groups in total. The lowest BCUT2D eigenvalue weighted by Crippen LogP contribution is -2.44. The molecule has 1 fully saturated rings. The minimum absolute atomic E-state index is 0.120. The summed E-state index contributed by atoms with van der Waals surface area (Å²) in [4.78, 5) is 46.5. The topological polar surface area (TPSA) is 128 Å². The third-order valence-electron chi connectivity index (χ3n) is 5.17. The Kier molecular flexibility index (Phi) is 8.28. The van der Waals surface area contributed by atoms with Gasteiger partial charge in [0.15, 0.2) is 5.78 Å². The molecule has 0 bridgehead atoms. The fraction of sp³-hybridized carbons (Fsp3) is 0.667. The van der Waals surface area contributed by atoms with Gasteiger partial charge in [-0.15, -0.1) is 0 Å². The van der Waals surface area contributed by atoms with Crippen LogP contribution in [0.4, 0.5) is 5.82 Å². The van der Waals surface area contributed by atoms with Crippen molar-refractivity contribution in [3.05, 3.63) is 17.6 Å². The largest absolute Gasteiger partial charge is 0.385 e. The Morgan fingerprint density at radius 2 is 2.10 bits per heavy atom. The maximum atomic E-state index is 13.1. The van der Waals surface area contributed by atoms with Crippen LogP contribution >= 0.6 is 0 Å². The molecule has 2 heterocycles. The number of Topliss-reactive ketones (excluding diaryl/α,β-unsaturated/α-hetero) is 1. The Morgan fingerprint density at radius 1 is 1.37 bits per heavy atom. The minimum Gasteiger partial charge on any atom is -0.385 e. The molecule has 1 aliphatic rings. The van der Waals surface area contributed by atoms with E-state index >= 15 is 0 Å². The number of aromatic nitrogens is 2. The second-order valence-electron chi connectivity index (χ2n) is 8.87.